The van der Waals surface area contributed by atoms with Crippen LogP contribution in [-0.4, -0.2) is 40.2 Å². The van der Waals surface area contributed by atoms with Gasteiger partial charge in [0.05, 0.1) is 16.5 Å². The molecule has 6 nitrogen and oxygen atoms in total. The zero-order valence-corrected chi connectivity index (χ0v) is 16.4. The summed E-state index contributed by atoms with van der Waals surface area (Å²) in [5, 5.41) is 2.40. The first-order valence-corrected chi connectivity index (χ1v) is 9.48. The number of halogens is 2. The van der Waals surface area contributed by atoms with Gasteiger partial charge in [0.1, 0.15) is 12.4 Å². The maximum atomic E-state index is 14.2. The van der Waals surface area contributed by atoms with E-state index in [1.165, 1.54) is 13.2 Å². The Kier molecular flexibility index (Phi) is 7.83. The minimum Gasteiger partial charge on any atom is -0.386 e. The Hall–Kier alpha value is -1.87. The highest BCUT2D eigenvalue weighted by atomic mass is 32.2. The zero-order chi connectivity index (χ0) is 20.1. The molecule has 9 heteroatoms. The second-order valence-electron chi connectivity index (χ2n) is 5.90. The lowest BCUT2D eigenvalue weighted by atomic mass is 10.1. The number of benzene rings is 1. The summed E-state index contributed by atoms with van der Waals surface area (Å²) in [6, 6.07) is 1.25. The van der Waals surface area contributed by atoms with E-state index >= 15 is 0 Å². The van der Waals surface area contributed by atoms with Crippen molar-refractivity contribution in [1.29, 1.82) is 0 Å². The molecule has 0 spiro atoms. The first-order valence-electron chi connectivity index (χ1n) is 8.16. The summed E-state index contributed by atoms with van der Waals surface area (Å²) in [6.45, 7) is 7.13. The average Bonchev–Trinajstić information content (AvgIpc) is 2.58. The normalized spacial score (nSPS) is 21.3. The molecule has 26 heavy (non-hydrogen) atoms. The number of rotatable bonds is 4. The summed E-state index contributed by atoms with van der Waals surface area (Å²) in [7, 11) is -0.0586. The standard InChI is InChI=1S/C15H19F2N3O3S.C2H6/c1-15(2)14(18)20-11(7-24(15)22)9-4-8(5-10(16)13(9)17)19-12(21)6-23-3;1-2/h4-5,11H,6-7H2,1-3H3,(H2,18,20)(H,19,21);1-2H3. The Morgan fingerprint density at radius 2 is 2.04 bits per heavy atom. The second-order valence-corrected chi connectivity index (χ2v) is 7.94. The Morgan fingerprint density at radius 1 is 1.42 bits per heavy atom. The topological polar surface area (TPSA) is 93.8 Å². The fraction of sp³-hybridized carbons (Fsp3) is 0.529. The monoisotopic (exact) mass is 389 g/mol. The smallest absolute Gasteiger partial charge is 0.250 e. The van der Waals surface area contributed by atoms with Gasteiger partial charge in [-0.1, -0.05) is 13.8 Å². The third-order valence-electron chi connectivity index (χ3n) is 3.76. The predicted octanol–water partition coefficient (Wildman–Crippen LogP) is 2.52. The van der Waals surface area contributed by atoms with E-state index in [0.29, 0.717) is 0 Å². The van der Waals surface area contributed by atoms with Gasteiger partial charge in [-0.2, -0.15) is 0 Å². The molecule has 2 rings (SSSR count). The van der Waals surface area contributed by atoms with Crippen LogP contribution in [-0.2, 0) is 20.3 Å². The number of nitrogens with two attached hydrogens (primary N) is 1. The Balaban J connectivity index is 0.00000163. The van der Waals surface area contributed by atoms with Gasteiger partial charge in [0.15, 0.2) is 11.6 Å². The van der Waals surface area contributed by atoms with Gasteiger partial charge in [-0.3, -0.25) is 14.0 Å². The van der Waals surface area contributed by atoms with Gasteiger partial charge in [0.25, 0.3) is 0 Å². The van der Waals surface area contributed by atoms with Crippen LogP contribution in [0.4, 0.5) is 14.5 Å². The van der Waals surface area contributed by atoms with E-state index in [-0.39, 0.29) is 29.4 Å². The fourth-order valence-electron chi connectivity index (χ4n) is 2.24. The van der Waals surface area contributed by atoms with Crippen LogP contribution in [0.15, 0.2) is 17.1 Å². The van der Waals surface area contributed by atoms with Gasteiger partial charge in [0, 0.05) is 35.2 Å². The van der Waals surface area contributed by atoms with Crippen LogP contribution in [0.1, 0.15) is 39.3 Å². The molecule has 1 aliphatic heterocycles. The zero-order valence-electron chi connectivity index (χ0n) is 15.6. The van der Waals surface area contributed by atoms with E-state index < -0.39 is 39.1 Å². The maximum Gasteiger partial charge on any atom is 0.250 e. The largest absolute Gasteiger partial charge is 0.386 e. The molecule has 146 valence electrons. The summed E-state index contributed by atoms with van der Waals surface area (Å²) in [5.41, 5.74) is 5.79. The van der Waals surface area contributed by atoms with Gasteiger partial charge >= 0.3 is 0 Å². The number of nitrogens with zero attached hydrogens (tertiary/aromatic N) is 1. The summed E-state index contributed by atoms with van der Waals surface area (Å²) in [5.74, 6) is -2.61. The molecule has 0 saturated carbocycles. The summed E-state index contributed by atoms with van der Waals surface area (Å²) in [4.78, 5) is 15.7. The molecule has 0 bridgehead atoms. The molecule has 0 radical (unpaired) electrons. The lowest BCUT2D eigenvalue weighted by Crippen LogP contribution is -2.47. The lowest BCUT2D eigenvalue weighted by molar-refractivity contribution is -0.119. The molecular formula is C17H25F2N3O3S. The Bertz CT molecular complexity index is 723. The molecule has 0 fully saturated rings. The van der Waals surface area contributed by atoms with Crippen LogP contribution in [0.5, 0.6) is 0 Å². The number of methoxy groups -OCH3 is 1. The van der Waals surface area contributed by atoms with Gasteiger partial charge in [-0.05, 0) is 19.9 Å². The third-order valence-corrected chi connectivity index (χ3v) is 5.73. The van der Waals surface area contributed by atoms with Gasteiger partial charge in [-0.25, -0.2) is 8.78 Å². The highest BCUT2D eigenvalue weighted by Gasteiger charge is 2.38. The number of nitrogens with one attached hydrogen (secondary N) is 1. The van der Waals surface area contributed by atoms with E-state index in [0.717, 1.165) is 6.07 Å². The molecule has 1 aliphatic rings. The van der Waals surface area contributed by atoms with Gasteiger partial charge in [-0.15, -0.1) is 0 Å². The van der Waals surface area contributed by atoms with Gasteiger partial charge in [0.2, 0.25) is 5.91 Å². The maximum absolute atomic E-state index is 14.2. The molecule has 3 N–H and O–H groups in total. The molecule has 1 heterocycles. The van der Waals surface area contributed by atoms with Crippen LogP contribution < -0.4 is 11.1 Å². The number of amidine groups is 1. The molecular weight excluding hydrogens is 364 g/mol. The van der Waals surface area contributed by atoms with Crippen LogP contribution in [0.2, 0.25) is 0 Å². The van der Waals surface area contributed by atoms with Crippen molar-refractivity contribution in [2.75, 3.05) is 24.8 Å². The number of carbonyl (C=O) groups excluding carboxylic acids is 1. The fourth-order valence-corrected chi connectivity index (χ4v) is 3.48. The first-order chi connectivity index (χ1) is 12.2. The van der Waals surface area contributed by atoms with Gasteiger partial charge < -0.3 is 15.8 Å². The SMILES string of the molecule is CC.COCC(=O)Nc1cc(F)c(F)c(C2CS(=O)C(C)(C)C(N)=N2)c1. The van der Waals surface area contributed by atoms with Crippen molar-refractivity contribution in [3.05, 3.63) is 29.3 Å². The summed E-state index contributed by atoms with van der Waals surface area (Å²) >= 11 is 0. The Labute approximate surface area is 154 Å². The van der Waals surface area contributed by atoms with Crippen LogP contribution in [0.3, 0.4) is 0 Å². The van der Waals surface area contributed by atoms with E-state index in [1.807, 2.05) is 13.8 Å². The number of aliphatic imine (C=N–C) groups is 1. The average molecular weight is 389 g/mol. The molecule has 1 aromatic rings. The molecule has 1 aromatic carbocycles. The van der Waals surface area contributed by atoms with E-state index in [1.54, 1.807) is 13.8 Å². The molecule has 0 aromatic heterocycles. The van der Waals surface area contributed by atoms with Crippen LogP contribution in [0, 0.1) is 11.6 Å². The van der Waals surface area contributed by atoms with Crippen molar-refractivity contribution >= 4 is 28.2 Å². The summed E-state index contributed by atoms with van der Waals surface area (Å²) in [6.07, 6.45) is 0. The van der Waals surface area contributed by atoms with Crippen LogP contribution in [0.25, 0.3) is 0 Å². The number of hydrogen-bond donors (Lipinski definition) is 2. The highest BCUT2D eigenvalue weighted by molar-refractivity contribution is 7.87. The number of carbonyl (C=O) groups is 1. The number of anilines is 1. The van der Waals surface area contributed by atoms with E-state index in [4.69, 9.17) is 5.73 Å². The van der Waals surface area contributed by atoms with Crippen molar-refractivity contribution in [1.82, 2.24) is 0 Å². The van der Waals surface area contributed by atoms with E-state index in [2.05, 4.69) is 15.0 Å². The first kappa shape index (κ1) is 22.2. The summed E-state index contributed by atoms with van der Waals surface area (Å²) < 4.78 is 44.2. The van der Waals surface area contributed by atoms with Crippen molar-refractivity contribution in [3.8, 4) is 0 Å². The van der Waals surface area contributed by atoms with Crippen molar-refractivity contribution in [2.24, 2.45) is 10.7 Å². The number of hydrogen-bond acceptors (Lipinski definition) is 5. The highest BCUT2D eigenvalue weighted by Crippen LogP contribution is 2.33. The number of amides is 1. The molecule has 2 atom stereocenters. The van der Waals surface area contributed by atoms with Crippen LogP contribution >= 0.6 is 0 Å². The quantitative estimate of drug-likeness (QED) is 0.827. The van der Waals surface area contributed by atoms with Crippen molar-refractivity contribution < 1.29 is 22.5 Å². The lowest BCUT2D eigenvalue weighted by Gasteiger charge is -2.31. The molecule has 0 saturated heterocycles. The second kappa shape index (κ2) is 9.18. The Morgan fingerprint density at radius 3 is 2.58 bits per heavy atom. The van der Waals surface area contributed by atoms with E-state index in [9.17, 15) is 17.8 Å². The minimum absolute atomic E-state index is 0.0134. The predicted molar refractivity (Wildman–Crippen MR) is 99.7 cm³/mol. The van der Waals surface area contributed by atoms with Crippen molar-refractivity contribution in [3.63, 3.8) is 0 Å². The van der Waals surface area contributed by atoms with Crippen molar-refractivity contribution in [2.45, 2.75) is 38.5 Å². The molecule has 1 amide bonds. The number of ether oxygens (including phenoxy) is 1. The third kappa shape index (κ3) is 4.85. The molecule has 0 aliphatic carbocycles. The molecule has 2 unspecified atom stereocenters. The minimum atomic E-state index is -1.40.